The Labute approximate surface area is 361 Å². The van der Waals surface area contributed by atoms with Gasteiger partial charge in [-0.25, -0.2) is 15.0 Å². The molecule has 0 saturated carbocycles. The van der Waals surface area contributed by atoms with E-state index in [-0.39, 0.29) is 0 Å². The topological polar surface area (TPSA) is 69.9 Å². The molecule has 0 spiro atoms. The van der Waals surface area contributed by atoms with Crippen molar-refractivity contribution >= 4 is 65.7 Å². The lowest BCUT2D eigenvalue weighted by Crippen LogP contribution is -2.00. The molecule has 4 heterocycles. The highest BCUT2D eigenvalue weighted by Gasteiger charge is 2.21. The first-order valence-corrected chi connectivity index (χ1v) is 21.1. The van der Waals surface area contributed by atoms with Gasteiger partial charge in [0.1, 0.15) is 22.3 Å². The van der Waals surface area contributed by atoms with Crippen LogP contribution in [0.1, 0.15) is 0 Å². The molecular formula is C57H34N4O2. The van der Waals surface area contributed by atoms with Gasteiger partial charge in [-0.15, -0.1) is 0 Å². The van der Waals surface area contributed by atoms with Crippen molar-refractivity contribution in [3.05, 3.63) is 206 Å². The Morgan fingerprint density at radius 2 is 0.889 bits per heavy atom. The highest BCUT2D eigenvalue weighted by Crippen LogP contribution is 2.41. The van der Waals surface area contributed by atoms with E-state index >= 15 is 0 Å². The Bertz CT molecular complexity index is 3920. The molecule has 13 rings (SSSR count). The van der Waals surface area contributed by atoms with Crippen LogP contribution in [0.2, 0.25) is 0 Å². The molecular weight excluding hydrogens is 773 g/mol. The van der Waals surface area contributed by atoms with E-state index in [1.165, 1.54) is 33.0 Å². The summed E-state index contributed by atoms with van der Waals surface area (Å²) in [5, 5.41) is 6.43. The molecule has 13 aromatic rings. The van der Waals surface area contributed by atoms with Crippen LogP contribution in [-0.2, 0) is 0 Å². The Hall–Kier alpha value is -8.61. The monoisotopic (exact) mass is 806 g/mol. The first-order valence-electron chi connectivity index (χ1n) is 21.1. The van der Waals surface area contributed by atoms with Crippen molar-refractivity contribution in [1.82, 2.24) is 19.5 Å². The van der Waals surface area contributed by atoms with E-state index in [0.717, 1.165) is 77.3 Å². The average molecular weight is 807 g/mol. The molecule has 294 valence electrons. The van der Waals surface area contributed by atoms with E-state index in [9.17, 15) is 0 Å². The molecule has 0 unspecified atom stereocenters. The fraction of sp³-hybridized carbons (Fsp3) is 0. The molecule has 6 heteroatoms. The zero-order chi connectivity index (χ0) is 41.4. The van der Waals surface area contributed by atoms with E-state index in [4.69, 9.17) is 23.8 Å². The minimum absolute atomic E-state index is 0.558. The minimum Gasteiger partial charge on any atom is -0.456 e. The largest absolute Gasteiger partial charge is 0.456 e. The molecule has 0 amide bonds. The van der Waals surface area contributed by atoms with Crippen molar-refractivity contribution < 1.29 is 8.83 Å². The predicted molar refractivity (Wildman–Crippen MR) is 256 cm³/mol. The van der Waals surface area contributed by atoms with E-state index in [1.807, 2.05) is 66.7 Å². The van der Waals surface area contributed by atoms with Crippen LogP contribution in [0, 0.1) is 0 Å². The summed E-state index contributed by atoms with van der Waals surface area (Å²) in [6, 6.07) is 71.7. The van der Waals surface area contributed by atoms with Crippen LogP contribution >= 0.6 is 0 Å². The summed E-state index contributed by atoms with van der Waals surface area (Å²) in [4.78, 5) is 15.4. The van der Waals surface area contributed by atoms with E-state index in [1.54, 1.807) is 0 Å². The summed E-state index contributed by atoms with van der Waals surface area (Å²) in [6.45, 7) is 0. The van der Waals surface area contributed by atoms with E-state index in [2.05, 4.69) is 144 Å². The van der Waals surface area contributed by atoms with Gasteiger partial charge in [0.25, 0.3) is 0 Å². The van der Waals surface area contributed by atoms with Crippen molar-refractivity contribution in [2.45, 2.75) is 0 Å². The molecule has 0 saturated heterocycles. The van der Waals surface area contributed by atoms with Gasteiger partial charge in [0.2, 0.25) is 0 Å². The Kier molecular flexibility index (Phi) is 7.80. The zero-order valence-corrected chi connectivity index (χ0v) is 33.7. The molecule has 0 atom stereocenters. The second-order valence-corrected chi connectivity index (χ2v) is 16.0. The summed E-state index contributed by atoms with van der Waals surface area (Å²) in [6.07, 6.45) is 0. The third-order valence-corrected chi connectivity index (χ3v) is 12.3. The van der Waals surface area contributed by atoms with E-state index in [0.29, 0.717) is 17.5 Å². The maximum Gasteiger partial charge on any atom is 0.164 e. The van der Waals surface area contributed by atoms with Gasteiger partial charge in [0.05, 0.1) is 11.0 Å². The number of hydrogen-bond donors (Lipinski definition) is 0. The van der Waals surface area contributed by atoms with Crippen LogP contribution in [0.3, 0.4) is 0 Å². The third-order valence-electron chi connectivity index (χ3n) is 12.3. The molecule has 0 bridgehead atoms. The van der Waals surface area contributed by atoms with Gasteiger partial charge in [-0.2, -0.15) is 0 Å². The third kappa shape index (κ3) is 5.76. The number of rotatable bonds is 6. The maximum atomic E-state index is 6.58. The highest BCUT2D eigenvalue weighted by molar-refractivity contribution is 6.14. The number of aromatic nitrogens is 4. The van der Waals surface area contributed by atoms with Crippen molar-refractivity contribution in [3.8, 4) is 62.1 Å². The average Bonchev–Trinajstić information content (AvgIpc) is 4.03. The number of nitrogens with zero attached hydrogens (tertiary/aromatic N) is 4. The maximum absolute atomic E-state index is 6.58. The van der Waals surface area contributed by atoms with Crippen LogP contribution in [0.25, 0.3) is 128 Å². The normalized spacial score (nSPS) is 11.8. The van der Waals surface area contributed by atoms with Gasteiger partial charge in [-0.1, -0.05) is 140 Å². The predicted octanol–water partition coefficient (Wildman–Crippen LogP) is 15.1. The van der Waals surface area contributed by atoms with Gasteiger partial charge in [-0.05, 0) is 89.0 Å². The summed E-state index contributed by atoms with van der Waals surface area (Å²) in [7, 11) is 0. The molecule has 4 aromatic heterocycles. The van der Waals surface area contributed by atoms with Crippen LogP contribution in [0.5, 0.6) is 0 Å². The molecule has 0 aliphatic heterocycles. The number of fused-ring (bicyclic) bond motifs is 9. The highest BCUT2D eigenvalue weighted by atomic mass is 16.3. The lowest BCUT2D eigenvalue weighted by atomic mass is 9.98. The van der Waals surface area contributed by atoms with Gasteiger partial charge in [-0.3, -0.25) is 0 Å². The van der Waals surface area contributed by atoms with Crippen molar-refractivity contribution in [1.29, 1.82) is 0 Å². The molecule has 0 aliphatic rings. The first-order chi connectivity index (χ1) is 31.2. The first kappa shape index (κ1) is 35.2. The molecule has 0 fully saturated rings. The zero-order valence-electron chi connectivity index (χ0n) is 33.7. The number of hydrogen-bond acceptors (Lipinski definition) is 5. The summed E-state index contributed by atoms with van der Waals surface area (Å²) in [5.74, 6) is 1.70. The fourth-order valence-corrected chi connectivity index (χ4v) is 9.29. The lowest BCUT2D eigenvalue weighted by Gasteiger charge is -2.10. The summed E-state index contributed by atoms with van der Waals surface area (Å²) >= 11 is 0. The SMILES string of the molecule is c1ccc(-c2cccc(-c3ccc4c(c3)c3ccccc3n4-c3ccc4oc5cccc(-c6nc(-c7ccccc7)nc(-c7ccc8c(c7)oc7ccccc78)n6)c5c4c3)c2)cc1. The quantitative estimate of drug-likeness (QED) is 0.167. The summed E-state index contributed by atoms with van der Waals surface area (Å²) in [5.41, 5.74) is 13.8. The van der Waals surface area contributed by atoms with Crippen LogP contribution in [0.4, 0.5) is 0 Å². The summed E-state index contributed by atoms with van der Waals surface area (Å²) < 4.78 is 15.2. The second kappa shape index (κ2) is 14.0. The Balaban J connectivity index is 0.974. The van der Waals surface area contributed by atoms with Crippen molar-refractivity contribution in [2.75, 3.05) is 0 Å². The molecule has 6 nitrogen and oxygen atoms in total. The lowest BCUT2D eigenvalue weighted by molar-refractivity contribution is 0.668. The van der Waals surface area contributed by atoms with Crippen LogP contribution < -0.4 is 0 Å². The van der Waals surface area contributed by atoms with Gasteiger partial charge < -0.3 is 13.4 Å². The van der Waals surface area contributed by atoms with E-state index < -0.39 is 0 Å². The minimum atomic E-state index is 0.558. The van der Waals surface area contributed by atoms with Gasteiger partial charge in [0.15, 0.2) is 17.5 Å². The number of benzene rings is 9. The smallest absolute Gasteiger partial charge is 0.164 e. The molecule has 0 aliphatic carbocycles. The number of para-hydroxylation sites is 2. The van der Waals surface area contributed by atoms with Crippen molar-refractivity contribution in [2.24, 2.45) is 0 Å². The molecule has 0 radical (unpaired) electrons. The second-order valence-electron chi connectivity index (χ2n) is 16.0. The van der Waals surface area contributed by atoms with Crippen LogP contribution in [-0.4, -0.2) is 19.5 Å². The standard InChI is InChI=1S/C57H34N4O2/c1-3-13-35(14-4-1)37-17-11-18-38(31-37)39-26-29-49-46(32-39)42-19-7-9-22-48(42)61(49)41-27-30-51-47(34-41)54-45(21-12-24-52(54)62-51)57-59-55(36-15-5-2-6-16-36)58-56(60-57)40-25-28-44-43-20-8-10-23-50(43)63-53(44)33-40/h1-34H. The molecule has 63 heavy (non-hydrogen) atoms. The Morgan fingerprint density at radius 3 is 1.75 bits per heavy atom. The fourth-order valence-electron chi connectivity index (χ4n) is 9.29. The van der Waals surface area contributed by atoms with Crippen LogP contribution in [0.15, 0.2) is 215 Å². The van der Waals surface area contributed by atoms with Gasteiger partial charge >= 0.3 is 0 Å². The van der Waals surface area contributed by atoms with Crippen molar-refractivity contribution in [3.63, 3.8) is 0 Å². The molecule has 0 N–H and O–H groups in total. The number of furan rings is 2. The Morgan fingerprint density at radius 1 is 0.302 bits per heavy atom. The molecule has 9 aromatic carbocycles. The van der Waals surface area contributed by atoms with Gasteiger partial charge in [0, 0.05) is 54.7 Å².